The van der Waals surface area contributed by atoms with E-state index in [2.05, 4.69) is 10.3 Å². The molecule has 2 aromatic carbocycles. The van der Waals surface area contributed by atoms with Crippen LogP contribution in [0.5, 0.6) is 0 Å². The Morgan fingerprint density at radius 1 is 1.00 bits per heavy atom. The van der Waals surface area contributed by atoms with E-state index in [1.54, 1.807) is 29.3 Å². The summed E-state index contributed by atoms with van der Waals surface area (Å²) in [6, 6.07) is 22.9. The van der Waals surface area contributed by atoms with Crippen molar-refractivity contribution in [3.05, 3.63) is 107 Å². The van der Waals surface area contributed by atoms with Gasteiger partial charge in [-0.05, 0) is 72.9 Å². The molecule has 4 nitrogen and oxygen atoms in total. The third-order valence-corrected chi connectivity index (χ3v) is 6.63. The number of halogens is 2. The lowest BCUT2D eigenvalue weighted by molar-refractivity contribution is 0.382. The maximum atomic E-state index is 14.8. The second-order valence-corrected chi connectivity index (χ2v) is 9.06. The summed E-state index contributed by atoms with van der Waals surface area (Å²) < 4.78 is 21.0. The Hall–Kier alpha value is -2.87. The maximum Gasteiger partial charge on any atom is 0.174 e. The van der Waals surface area contributed by atoms with Crippen LogP contribution in [0, 0.1) is 5.82 Å². The topological polar surface area (TPSA) is 41.3 Å². The van der Waals surface area contributed by atoms with E-state index in [9.17, 15) is 4.39 Å². The number of hydrogen-bond acceptors (Lipinski definition) is 4. The van der Waals surface area contributed by atoms with Gasteiger partial charge in [0.2, 0.25) is 0 Å². The Morgan fingerprint density at radius 2 is 1.78 bits per heavy atom. The number of nitrogens with zero attached hydrogens (tertiary/aromatic N) is 2. The fraction of sp³-hybridized carbons (Fsp3) is 0.0833. The van der Waals surface area contributed by atoms with Crippen LogP contribution in [-0.4, -0.2) is 10.1 Å². The second-order valence-electron chi connectivity index (χ2n) is 7.16. The average Bonchev–Trinajstić information content (AvgIpc) is 3.40. The molecule has 1 aliphatic heterocycles. The van der Waals surface area contributed by atoms with Crippen LogP contribution in [0.4, 0.5) is 10.1 Å². The van der Waals surface area contributed by atoms with E-state index in [-0.39, 0.29) is 11.9 Å². The van der Waals surface area contributed by atoms with Gasteiger partial charge < -0.3 is 14.6 Å². The normalized spacial score (nSPS) is 18.1. The van der Waals surface area contributed by atoms with Crippen molar-refractivity contribution in [2.75, 3.05) is 4.90 Å². The van der Waals surface area contributed by atoms with Crippen LogP contribution in [0.1, 0.15) is 23.5 Å². The van der Waals surface area contributed by atoms with E-state index in [1.807, 2.05) is 54.6 Å². The third-order valence-electron chi connectivity index (χ3n) is 5.14. The number of pyridine rings is 1. The zero-order chi connectivity index (χ0) is 22.1. The van der Waals surface area contributed by atoms with Crippen LogP contribution in [0.15, 0.2) is 99.5 Å². The lowest BCUT2D eigenvalue weighted by Gasteiger charge is -2.26. The highest BCUT2D eigenvalue weighted by atomic mass is 35.5. The van der Waals surface area contributed by atoms with Crippen molar-refractivity contribution >= 4 is 46.4 Å². The Labute approximate surface area is 199 Å². The van der Waals surface area contributed by atoms with Crippen molar-refractivity contribution in [1.82, 2.24) is 10.3 Å². The van der Waals surface area contributed by atoms with Crippen molar-refractivity contribution in [3.63, 3.8) is 0 Å². The minimum atomic E-state index is -0.408. The largest absolute Gasteiger partial charge is 0.452 e. The highest BCUT2D eigenvalue weighted by Crippen LogP contribution is 2.44. The Kier molecular flexibility index (Phi) is 5.87. The van der Waals surface area contributed by atoms with Crippen LogP contribution in [0.2, 0.25) is 5.02 Å². The first-order chi connectivity index (χ1) is 15.6. The van der Waals surface area contributed by atoms with Crippen molar-refractivity contribution < 1.29 is 8.81 Å². The molecule has 0 spiro atoms. The molecule has 0 aliphatic carbocycles. The fourth-order valence-electron chi connectivity index (χ4n) is 3.72. The molecule has 0 radical (unpaired) electrons. The summed E-state index contributed by atoms with van der Waals surface area (Å²) in [7, 11) is 0. The summed E-state index contributed by atoms with van der Waals surface area (Å²) in [5, 5.41) is 5.12. The monoisotopic (exact) mass is 481 g/mol. The molecule has 4 aromatic rings. The van der Waals surface area contributed by atoms with E-state index in [4.69, 9.17) is 28.2 Å². The van der Waals surface area contributed by atoms with Gasteiger partial charge in [-0.15, -0.1) is 0 Å². The number of furan rings is 1. The molecule has 0 saturated carbocycles. The number of benzene rings is 2. The van der Waals surface area contributed by atoms with Crippen LogP contribution in [0.3, 0.4) is 0 Å². The highest BCUT2D eigenvalue weighted by Gasteiger charge is 2.43. The van der Waals surface area contributed by atoms with E-state index < -0.39 is 6.04 Å². The number of para-hydroxylation sites is 1. The molecular formula is C24H17ClFN3OS2. The van der Waals surface area contributed by atoms with Crippen LogP contribution >= 0.6 is 35.6 Å². The zero-order valence-electron chi connectivity index (χ0n) is 16.6. The summed E-state index contributed by atoms with van der Waals surface area (Å²) in [6.07, 6.45) is 1.73. The number of anilines is 1. The van der Waals surface area contributed by atoms with Gasteiger partial charge >= 0.3 is 0 Å². The lowest BCUT2D eigenvalue weighted by Crippen LogP contribution is -2.30. The molecule has 8 heteroatoms. The molecule has 3 heterocycles. The molecule has 160 valence electrons. The number of aromatic nitrogens is 1. The predicted molar refractivity (Wildman–Crippen MR) is 129 cm³/mol. The minimum Gasteiger partial charge on any atom is -0.452 e. The van der Waals surface area contributed by atoms with Crippen molar-refractivity contribution in [2.24, 2.45) is 0 Å². The Bertz CT molecular complexity index is 1250. The number of rotatable bonds is 5. The van der Waals surface area contributed by atoms with E-state index >= 15 is 0 Å². The molecule has 0 amide bonds. The minimum absolute atomic E-state index is 0.303. The van der Waals surface area contributed by atoms with Gasteiger partial charge in [-0.3, -0.25) is 4.98 Å². The molecule has 0 bridgehead atoms. The quantitative estimate of drug-likeness (QED) is 0.316. The first kappa shape index (κ1) is 21.0. The van der Waals surface area contributed by atoms with Crippen molar-refractivity contribution in [2.45, 2.75) is 22.1 Å². The summed E-state index contributed by atoms with van der Waals surface area (Å²) in [5.41, 5.74) is 1.18. The fourth-order valence-corrected chi connectivity index (χ4v) is 4.96. The lowest BCUT2D eigenvalue weighted by atomic mass is 10.0. The molecule has 32 heavy (non-hydrogen) atoms. The first-order valence-electron chi connectivity index (χ1n) is 9.88. The standard InChI is InChI=1S/C24H17ClFN3OS2/c25-15-8-10-16(11-9-15)32-21-13-12-20(30-21)23-22(18-6-3-4-14-27-18)28-24(31)29(23)19-7-2-1-5-17(19)26/h1-14,22-23H,(H,28,31)/t22-,23-/m1/s1. The van der Waals surface area contributed by atoms with Gasteiger partial charge in [0.25, 0.3) is 0 Å². The van der Waals surface area contributed by atoms with Gasteiger partial charge in [0.15, 0.2) is 10.2 Å². The third kappa shape index (κ3) is 4.11. The summed E-state index contributed by atoms with van der Waals surface area (Å²) in [5.74, 6) is 0.304. The van der Waals surface area contributed by atoms with E-state index in [1.165, 1.54) is 17.8 Å². The summed E-state index contributed by atoms with van der Waals surface area (Å²) >= 11 is 13.1. The maximum absolute atomic E-state index is 14.8. The predicted octanol–water partition coefficient (Wildman–Crippen LogP) is 6.80. The van der Waals surface area contributed by atoms with Gasteiger partial charge in [-0.25, -0.2) is 4.39 Å². The number of thiocarbonyl (C=S) groups is 1. The van der Waals surface area contributed by atoms with Gasteiger partial charge in [0.05, 0.1) is 17.4 Å². The summed E-state index contributed by atoms with van der Waals surface area (Å²) in [6.45, 7) is 0. The van der Waals surface area contributed by atoms with E-state index in [0.717, 1.165) is 10.6 Å². The second kappa shape index (κ2) is 8.94. The molecule has 5 rings (SSSR count). The molecular weight excluding hydrogens is 465 g/mol. The molecule has 1 fully saturated rings. The SMILES string of the molecule is Fc1ccccc1N1C(=S)N[C@H](c2ccccn2)[C@H]1c1ccc(Sc2ccc(Cl)cc2)o1. The van der Waals surface area contributed by atoms with Gasteiger partial charge in [-0.1, -0.05) is 41.6 Å². The zero-order valence-corrected chi connectivity index (χ0v) is 19.0. The first-order valence-corrected chi connectivity index (χ1v) is 11.5. The van der Waals surface area contributed by atoms with Crippen LogP contribution in [0.25, 0.3) is 0 Å². The highest BCUT2D eigenvalue weighted by molar-refractivity contribution is 7.99. The average molecular weight is 482 g/mol. The molecule has 1 N–H and O–H groups in total. The molecule has 2 aromatic heterocycles. The molecule has 1 saturated heterocycles. The molecule has 2 atom stereocenters. The Morgan fingerprint density at radius 3 is 2.53 bits per heavy atom. The van der Waals surface area contributed by atoms with Crippen LogP contribution in [-0.2, 0) is 0 Å². The number of hydrogen-bond donors (Lipinski definition) is 1. The van der Waals surface area contributed by atoms with Crippen molar-refractivity contribution in [1.29, 1.82) is 0 Å². The summed E-state index contributed by atoms with van der Waals surface area (Å²) in [4.78, 5) is 7.27. The number of nitrogens with one attached hydrogen (secondary N) is 1. The van der Waals surface area contributed by atoms with Gasteiger partial charge in [-0.2, -0.15) is 0 Å². The molecule has 1 aliphatic rings. The van der Waals surface area contributed by atoms with Crippen molar-refractivity contribution in [3.8, 4) is 0 Å². The molecule has 0 unspecified atom stereocenters. The van der Waals surface area contributed by atoms with Crippen LogP contribution < -0.4 is 10.2 Å². The Balaban J connectivity index is 1.54. The van der Waals surface area contributed by atoms with Gasteiger partial charge in [0.1, 0.15) is 17.6 Å². The smallest absolute Gasteiger partial charge is 0.174 e. The van der Waals surface area contributed by atoms with E-state index in [0.29, 0.717) is 26.7 Å². The van der Waals surface area contributed by atoms with Gasteiger partial charge in [0, 0.05) is 16.1 Å².